The van der Waals surface area contributed by atoms with Gasteiger partial charge in [-0.2, -0.15) is 0 Å². The van der Waals surface area contributed by atoms with E-state index in [1.165, 1.54) is 18.2 Å². The number of carbonyl (C=O) groups excluding carboxylic acids is 2. The summed E-state index contributed by atoms with van der Waals surface area (Å²) in [6.45, 7) is 1.52. The number of likely N-dealkylation sites (tertiary alicyclic amines) is 1. The Morgan fingerprint density at radius 1 is 1.06 bits per heavy atom. The summed E-state index contributed by atoms with van der Waals surface area (Å²) in [6.07, 6.45) is -0.360. The molecule has 2 aliphatic rings. The van der Waals surface area contributed by atoms with Crippen LogP contribution in [0.25, 0.3) is 0 Å². The summed E-state index contributed by atoms with van der Waals surface area (Å²) in [5.74, 6) is -2.29. The number of ether oxygens (including phenoxy) is 2. The summed E-state index contributed by atoms with van der Waals surface area (Å²) in [7, 11) is 0. The monoisotopic (exact) mass is 497 g/mol. The highest BCUT2D eigenvalue weighted by Crippen LogP contribution is 2.26. The van der Waals surface area contributed by atoms with Crippen LogP contribution in [0.4, 0.5) is 0 Å². The number of fused-ring (bicyclic) bond motifs is 5. The predicted molar refractivity (Wildman–Crippen MR) is 126 cm³/mol. The van der Waals surface area contributed by atoms with Gasteiger partial charge in [0.05, 0.1) is 30.7 Å². The minimum absolute atomic E-state index is 0.00679. The largest absolute Gasteiger partial charge is 0.481 e. The number of benzene rings is 2. The Hall–Kier alpha value is -3.96. The third kappa shape index (κ3) is 6.58. The Bertz CT molecular complexity index is 1170. The molecule has 190 valence electrons. The summed E-state index contributed by atoms with van der Waals surface area (Å²) in [5, 5.41) is 24.0. The highest BCUT2D eigenvalue weighted by Gasteiger charge is 2.34. The molecule has 2 aromatic rings. The fraction of sp³-hybridized carbons (Fsp3) is 0.360. The van der Waals surface area contributed by atoms with E-state index in [0.29, 0.717) is 25.4 Å². The minimum atomic E-state index is -1.20. The van der Waals surface area contributed by atoms with Crippen LogP contribution in [0.1, 0.15) is 39.1 Å². The van der Waals surface area contributed by atoms with Crippen molar-refractivity contribution < 1.29 is 38.9 Å². The number of carboxylic acids is 2. The van der Waals surface area contributed by atoms with Crippen molar-refractivity contribution in [3.63, 3.8) is 0 Å². The summed E-state index contributed by atoms with van der Waals surface area (Å²) in [4.78, 5) is 49.8. The number of rotatable bonds is 4. The molecular weight excluding hydrogens is 470 g/mol. The first-order valence-electron chi connectivity index (χ1n) is 11.6. The first kappa shape index (κ1) is 25.1. The van der Waals surface area contributed by atoms with Crippen molar-refractivity contribution in [1.82, 2.24) is 15.5 Å². The van der Waals surface area contributed by atoms with E-state index in [4.69, 9.17) is 14.6 Å². The molecule has 0 aromatic heterocycles. The third-order valence-electron chi connectivity index (χ3n) is 5.98. The van der Waals surface area contributed by atoms with Gasteiger partial charge in [0.15, 0.2) is 0 Å². The van der Waals surface area contributed by atoms with E-state index in [2.05, 4.69) is 10.6 Å². The zero-order valence-corrected chi connectivity index (χ0v) is 19.4. The molecule has 2 atom stereocenters. The van der Waals surface area contributed by atoms with E-state index in [1.54, 1.807) is 18.2 Å². The average molecular weight is 498 g/mol. The third-order valence-corrected chi connectivity index (χ3v) is 5.98. The predicted octanol–water partition coefficient (Wildman–Crippen LogP) is 1.47. The van der Waals surface area contributed by atoms with Gasteiger partial charge in [-0.3, -0.25) is 19.3 Å². The molecule has 4 bridgehead atoms. The SMILES string of the molecule is O=C(O)CCN1C[C@@H]2NC(=O)CCNC(=O)c3cc(cc(C(=O)O)c3)Oc3cccc(c3)CO[C@H]2C1. The van der Waals surface area contributed by atoms with Crippen molar-refractivity contribution in [2.75, 3.05) is 26.2 Å². The second-order valence-electron chi connectivity index (χ2n) is 8.73. The summed E-state index contributed by atoms with van der Waals surface area (Å²) >= 11 is 0. The molecule has 0 radical (unpaired) electrons. The number of hydrogen-bond donors (Lipinski definition) is 4. The smallest absolute Gasteiger partial charge is 0.335 e. The molecule has 11 nitrogen and oxygen atoms in total. The second kappa shape index (κ2) is 11.2. The number of carboxylic acid groups (broad SMARTS) is 2. The van der Waals surface area contributed by atoms with Crippen LogP contribution in [-0.2, 0) is 20.9 Å². The maximum atomic E-state index is 12.7. The first-order valence-corrected chi connectivity index (χ1v) is 11.6. The molecule has 2 aromatic carbocycles. The van der Waals surface area contributed by atoms with Crippen LogP contribution < -0.4 is 15.4 Å². The molecule has 0 spiro atoms. The zero-order valence-electron chi connectivity index (χ0n) is 19.4. The van der Waals surface area contributed by atoms with Crippen molar-refractivity contribution in [2.45, 2.75) is 31.6 Å². The lowest BCUT2D eigenvalue weighted by molar-refractivity contribution is -0.137. The molecule has 2 aliphatic heterocycles. The van der Waals surface area contributed by atoms with E-state index in [1.807, 2.05) is 11.0 Å². The van der Waals surface area contributed by atoms with Crippen molar-refractivity contribution in [1.29, 1.82) is 0 Å². The maximum Gasteiger partial charge on any atom is 0.335 e. The van der Waals surface area contributed by atoms with Gasteiger partial charge < -0.3 is 30.3 Å². The molecule has 4 N–H and O–H groups in total. The average Bonchev–Trinajstić information content (AvgIpc) is 3.22. The molecule has 0 aliphatic carbocycles. The van der Waals surface area contributed by atoms with Gasteiger partial charge >= 0.3 is 11.9 Å². The fourth-order valence-electron chi connectivity index (χ4n) is 4.22. The van der Waals surface area contributed by atoms with Gasteiger partial charge in [0.1, 0.15) is 11.5 Å². The number of nitrogens with one attached hydrogen (secondary N) is 2. The van der Waals surface area contributed by atoms with Gasteiger partial charge in [-0.15, -0.1) is 0 Å². The summed E-state index contributed by atoms with van der Waals surface area (Å²) in [5.41, 5.74) is 0.783. The molecule has 0 saturated carbocycles. The Morgan fingerprint density at radius 2 is 1.89 bits per heavy atom. The van der Waals surface area contributed by atoms with Gasteiger partial charge in [0.2, 0.25) is 5.91 Å². The number of carbonyl (C=O) groups is 4. The quantitative estimate of drug-likeness (QED) is 0.491. The number of hydrogen-bond acceptors (Lipinski definition) is 7. The molecule has 11 heteroatoms. The Morgan fingerprint density at radius 3 is 2.67 bits per heavy atom. The fourth-order valence-corrected chi connectivity index (χ4v) is 4.22. The molecule has 0 unspecified atom stereocenters. The summed E-state index contributed by atoms with van der Waals surface area (Å²) in [6, 6.07) is 10.7. The molecule has 1 fully saturated rings. The molecule has 36 heavy (non-hydrogen) atoms. The summed E-state index contributed by atoms with van der Waals surface area (Å²) < 4.78 is 12.0. The van der Waals surface area contributed by atoms with Gasteiger partial charge in [-0.05, 0) is 35.9 Å². The lowest BCUT2D eigenvalue weighted by Crippen LogP contribution is -2.44. The Balaban J connectivity index is 1.58. The molecule has 2 amide bonds. The van der Waals surface area contributed by atoms with E-state index in [-0.39, 0.29) is 60.9 Å². The van der Waals surface area contributed by atoms with Crippen molar-refractivity contribution in [2.24, 2.45) is 0 Å². The van der Waals surface area contributed by atoms with Crippen LogP contribution >= 0.6 is 0 Å². The Labute approximate surface area is 207 Å². The molecule has 1 saturated heterocycles. The number of amides is 2. The van der Waals surface area contributed by atoms with Crippen LogP contribution in [0.3, 0.4) is 0 Å². The van der Waals surface area contributed by atoms with Crippen LogP contribution in [0.15, 0.2) is 42.5 Å². The van der Waals surface area contributed by atoms with Gasteiger partial charge in [-0.1, -0.05) is 12.1 Å². The van der Waals surface area contributed by atoms with Crippen LogP contribution in [0, 0.1) is 0 Å². The van der Waals surface area contributed by atoms with Gasteiger partial charge in [0, 0.05) is 38.2 Å². The highest BCUT2D eigenvalue weighted by molar-refractivity contribution is 5.98. The molecule has 2 heterocycles. The van der Waals surface area contributed by atoms with Crippen molar-refractivity contribution in [3.05, 3.63) is 59.2 Å². The maximum absolute atomic E-state index is 12.7. The van der Waals surface area contributed by atoms with Crippen molar-refractivity contribution >= 4 is 23.8 Å². The van der Waals surface area contributed by atoms with E-state index < -0.39 is 17.8 Å². The van der Waals surface area contributed by atoms with Crippen LogP contribution in [-0.4, -0.2) is 77.2 Å². The number of aromatic carboxylic acids is 1. The Kier molecular flexibility index (Phi) is 7.81. The van der Waals surface area contributed by atoms with Gasteiger partial charge in [-0.25, -0.2) is 4.79 Å². The van der Waals surface area contributed by atoms with Gasteiger partial charge in [0.25, 0.3) is 5.91 Å². The van der Waals surface area contributed by atoms with Crippen molar-refractivity contribution in [3.8, 4) is 11.5 Å². The van der Waals surface area contributed by atoms with E-state index in [9.17, 15) is 24.3 Å². The number of nitrogens with zero attached hydrogens (tertiary/aromatic N) is 1. The highest BCUT2D eigenvalue weighted by atomic mass is 16.5. The minimum Gasteiger partial charge on any atom is -0.481 e. The normalized spacial score (nSPS) is 20.9. The lowest BCUT2D eigenvalue weighted by atomic mass is 10.1. The first-order chi connectivity index (χ1) is 17.3. The standard InChI is InChI=1S/C25H27N3O8/c29-22-4-6-26-24(32)16-9-17(25(33)34)11-19(10-16)36-18-3-1-2-15(8-18)14-35-21-13-28(7-5-23(30)31)12-20(21)27-22/h1-3,8-11,20-21H,4-7,12-14H2,(H,26,32)(H,27,29)(H,30,31)(H,33,34)/t20-,21-/m0/s1. The topological polar surface area (TPSA) is 154 Å². The molecular formula is C25H27N3O8. The van der Waals surface area contributed by atoms with Crippen LogP contribution in [0.5, 0.6) is 11.5 Å². The van der Waals surface area contributed by atoms with E-state index in [0.717, 1.165) is 5.56 Å². The number of aliphatic carboxylic acids is 1. The molecule has 4 rings (SSSR count). The zero-order chi connectivity index (χ0) is 25.7. The second-order valence-corrected chi connectivity index (χ2v) is 8.73. The van der Waals surface area contributed by atoms with Crippen LogP contribution in [0.2, 0.25) is 0 Å². The lowest BCUT2D eigenvalue weighted by Gasteiger charge is -2.20. The van der Waals surface area contributed by atoms with E-state index >= 15 is 0 Å².